The zero-order valence-corrected chi connectivity index (χ0v) is 10.9. The highest BCUT2D eigenvalue weighted by molar-refractivity contribution is 9.10. The summed E-state index contributed by atoms with van der Waals surface area (Å²) in [6, 6.07) is 0.590. The van der Waals surface area contributed by atoms with Gasteiger partial charge in [-0.3, -0.25) is 0 Å². The zero-order valence-electron chi connectivity index (χ0n) is 8.58. The molecular weight excluding hydrogens is 277 g/mol. The van der Waals surface area contributed by atoms with Crippen LogP contribution < -0.4 is 4.90 Å². The van der Waals surface area contributed by atoms with Gasteiger partial charge in [-0.05, 0) is 40.4 Å². The molecule has 5 heteroatoms. The second kappa shape index (κ2) is 4.66. The quantitative estimate of drug-likeness (QED) is 0.783. The number of rotatable bonds is 2. The summed E-state index contributed by atoms with van der Waals surface area (Å²) in [4.78, 5) is 10.4. The van der Waals surface area contributed by atoms with Gasteiger partial charge in [-0.2, -0.15) is 4.98 Å². The van der Waals surface area contributed by atoms with E-state index in [2.05, 4.69) is 37.8 Å². The van der Waals surface area contributed by atoms with Crippen molar-refractivity contribution in [2.24, 2.45) is 0 Å². The molecule has 1 aliphatic carbocycles. The number of halogens is 2. The van der Waals surface area contributed by atoms with E-state index in [4.69, 9.17) is 11.6 Å². The lowest BCUT2D eigenvalue weighted by molar-refractivity contribution is 0.644. The second-order valence-corrected chi connectivity index (χ2v) is 5.05. The Bertz CT molecular complexity index is 353. The van der Waals surface area contributed by atoms with Crippen LogP contribution in [0.25, 0.3) is 0 Å². The minimum absolute atomic E-state index is 0.304. The monoisotopic (exact) mass is 289 g/mol. The molecule has 1 saturated carbocycles. The maximum Gasteiger partial charge on any atom is 0.224 e. The molecule has 2 rings (SSSR count). The third-order valence-corrected chi connectivity index (χ3v) is 3.64. The summed E-state index contributed by atoms with van der Waals surface area (Å²) < 4.78 is 0.904. The smallest absolute Gasteiger partial charge is 0.224 e. The van der Waals surface area contributed by atoms with E-state index < -0.39 is 0 Å². The molecule has 0 amide bonds. The van der Waals surface area contributed by atoms with E-state index in [1.165, 1.54) is 25.7 Å². The van der Waals surface area contributed by atoms with Crippen molar-refractivity contribution in [3.05, 3.63) is 16.0 Å². The van der Waals surface area contributed by atoms with Gasteiger partial charge in [0.2, 0.25) is 5.28 Å². The third-order valence-electron chi connectivity index (χ3n) is 2.90. The summed E-state index contributed by atoms with van der Waals surface area (Å²) in [6.45, 7) is 0. The van der Waals surface area contributed by atoms with Gasteiger partial charge in [0.1, 0.15) is 5.82 Å². The summed E-state index contributed by atoms with van der Waals surface area (Å²) in [5, 5.41) is 0.304. The van der Waals surface area contributed by atoms with Crippen molar-refractivity contribution in [3.8, 4) is 0 Å². The molecule has 1 heterocycles. The van der Waals surface area contributed by atoms with E-state index in [0.29, 0.717) is 11.3 Å². The first kappa shape index (κ1) is 11.1. The molecule has 0 spiro atoms. The highest BCUT2D eigenvalue weighted by Gasteiger charge is 2.22. The lowest BCUT2D eigenvalue weighted by atomic mass is 10.2. The minimum Gasteiger partial charge on any atom is -0.356 e. The average molecular weight is 291 g/mol. The molecule has 1 fully saturated rings. The maximum absolute atomic E-state index is 5.80. The highest BCUT2D eigenvalue weighted by atomic mass is 79.9. The first-order valence-corrected chi connectivity index (χ1v) is 6.26. The van der Waals surface area contributed by atoms with Gasteiger partial charge in [0.25, 0.3) is 0 Å². The van der Waals surface area contributed by atoms with Gasteiger partial charge in [-0.25, -0.2) is 4.98 Å². The van der Waals surface area contributed by atoms with Gasteiger partial charge in [-0.1, -0.05) is 12.8 Å². The van der Waals surface area contributed by atoms with Crippen LogP contribution in [0.2, 0.25) is 5.28 Å². The van der Waals surface area contributed by atoms with Gasteiger partial charge >= 0.3 is 0 Å². The van der Waals surface area contributed by atoms with Crippen LogP contribution in [0.5, 0.6) is 0 Å². The van der Waals surface area contributed by atoms with E-state index in [0.717, 1.165) is 10.3 Å². The maximum atomic E-state index is 5.80. The molecule has 0 unspecified atom stereocenters. The first-order valence-electron chi connectivity index (χ1n) is 5.09. The molecule has 0 radical (unpaired) electrons. The molecule has 0 saturated heterocycles. The third kappa shape index (κ3) is 2.42. The topological polar surface area (TPSA) is 29.0 Å². The number of anilines is 1. The Hall–Kier alpha value is -0.350. The molecule has 0 N–H and O–H groups in total. The Balaban J connectivity index is 2.23. The van der Waals surface area contributed by atoms with Gasteiger partial charge in [-0.15, -0.1) is 0 Å². The Kier molecular flexibility index (Phi) is 3.46. The SMILES string of the molecule is CN(c1nc(Cl)ncc1Br)C1CCCC1. The van der Waals surface area contributed by atoms with E-state index in [9.17, 15) is 0 Å². The van der Waals surface area contributed by atoms with Crippen molar-refractivity contribution >= 4 is 33.3 Å². The van der Waals surface area contributed by atoms with Gasteiger partial charge < -0.3 is 4.90 Å². The summed E-state index contributed by atoms with van der Waals surface area (Å²) in [7, 11) is 2.07. The number of nitrogens with zero attached hydrogens (tertiary/aromatic N) is 3. The van der Waals surface area contributed by atoms with Crippen molar-refractivity contribution in [2.45, 2.75) is 31.7 Å². The molecule has 3 nitrogen and oxygen atoms in total. The Labute approximate surface area is 103 Å². The molecule has 0 bridgehead atoms. The molecule has 15 heavy (non-hydrogen) atoms. The number of aromatic nitrogens is 2. The summed E-state index contributed by atoms with van der Waals surface area (Å²) in [5.41, 5.74) is 0. The molecule has 0 atom stereocenters. The zero-order chi connectivity index (χ0) is 10.8. The van der Waals surface area contributed by atoms with Gasteiger partial charge in [0, 0.05) is 19.3 Å². The fraction of sp³-hybridized carbons (Fsp3) is 0.600. The van der Waals surface area contributed by atoms with Crippen LogP contribution in [0, 0.1) is 0 Å². The van der Waals surface area contributed by atoms with Crippen LogP contribution in [0.15, 0.2) is 10.7 Å². The molecule has 0 aliphatic heterocycles. The second-order valence-electron chi connectivity index (χ2n) is 3.86. The molecular formula is C10H13BrClN3. The fourth-order valence-electron chi connectivity index (χ4n) is 2.05. The van der Waals surface area contributed by atoms with E-state index in [1.807, 2.05) is 0 Å². The normalized spacial score (nSPS) is 17.0. The van der Waals surface area contributed by atoms with Crippen LogP contribution in [0.4, 0.5) is 5.82 Å². The lowest BCUT2D eigenvalue weighted by Crippen LogP contribution is -2.30. The van der Waals surface area contributed by atoms with Crippen molar-refractivity contribution in [2.75, 3.05) is 11.9 Å². The molecule has 1 aromatic heterocycles. The number of hydrogen-bond donors (Lipinski definition) is 0. The Morgan fingerprint density at radius 2 is 2.13 bits per heavy atom. The highest BCUT2D eigenvalue weighted by Crippen LogP contribution is 2.30. The van der Waals surface area contributed by atoms with Crippen LogP contribution in [0.1, 0.15) is 25.7 Å². The van der Waals surface area contributed by atoms with Crippen LogP contribution in [-0.4, -0.2) is 23.1 Å². The van der Waals surface area contributed by atoms with Crippen molar-refractivity contribution in [3.63, 3.8) is 0 Å². The predicted octanol–water partition coefficient (Wildman–Crippen LogP) is 3.27. The van der Waals surface area contributed by atoms with Crippen molar-refractivity contribution in [1.82, 2.24) is 9.97 Å². The fourth-order valence-corrected chi connectivity index (χ4v) is 2.65. The Morgan fingerprint density at radius 3 is 2.80 bits per heavy atom. The van der Waals surface area contributed by atoms with Crippen LogP contribution in [-0.2, 0) is 0 Å². The lowest BCUT2D eigenvalue weighted by Gasteiger charge is -2.26. The molecule has 82 valence electrons. The average Bonchev–Trinajstić information content (AvgIpc) is 2.74. The van der Waals surface area contributed by atoms with Crippen molar-refractivity contribution in [1.29, 1.82) is 0 Å². The van der Waals surface area contributed by atoms with Crippen LogP contribution in [0.3, 0.4) is 0 Å². The molecule has 1 aromatic rings. The largest absolute Gasteiger partial charge is 0.356 e. The molecule has 0 aromatic carbocycles. The molecule has 1 aliphatic rings. The van der Waals surface area contributed by atoms with E-state index >= 15 is 0 Å². The van der Waals surface area contributed by atoms with E-state index in [1.54, 1.807) is 6.20 Å². The van der Waals surface area contributed by atoms with Gasteiger partial charge in [0.05, 0.1) is 4.47 Å². The van der Waals surface area contributed by atoms with Crippen LogP contribution >= 0.6 is 27.5 Å². The summed E-state index contributed by atoms with van der Waals surface area (Å²) in [5.74, 6) is 0.891. The standard InChI is InChI=1S/C10H13BrClN3/c1-15(7-4-2-3-5-7)9-8(11)6-13-10(12)14-9/h6-7H,2-5H2,1H3. The van der Waals surface area contributed by atoms with Crippen molar-refractivity contribution < 1.29 is 0 Å². The Morgan fingerprint density at radius 1 is 1.47 bits per heavy atom. The minimum atomic E-state index is 0.304. The van der Waals surface area contributed by atoms with Gasteiger partial charge in [0.15, 0.2) is 0 Å². The van der Waals surface area contributed by atoms with E-state index in [-0.39, 0.29) is 0 Å². The predicted molar refractivity (Wildman–Crippen MR) is 65.4 cm³/mol. The summed E-state index contributed by atoms with van der Waals surface area (Å²) in [6.07, 6.45) is 6.81. The summed E-state index contributed by atoms with van der Waals surface area (Å²) >= 11 is 9.25. The number of hydrogen-bond acceptors (Lipinski definition) is 3. The first-order chi connectivity index (χ1) is 7.18.